The Hall–Kier alpha value is -5.68. The molecule has 1 amide bonds. The molecule has 1 N–H and O–H groups in total. The highest BCUT2D eigenvalue weighted by Crippen LogP contribution is 2.38. The van der Waals surface area contributed by atoms with Crippen LogP contribution in [-0.4, -0.2) is 64.5 Å². The van der Waals surface area contributed by atoms with Gasteiger partial charge in [-0.15, -0.1) is 0 Å². The highest BCUT2D eigenvalue weighted by Gasteiger charge is 2.41. The summed E-state index contributed by atoms with van der Waals surface area (Å²) in [7, 11) is 1.18. The number of benzene rings is 4. The summed E-state index contributed by atoms with van der Waals surface area (Å²) in [4.78, 5) is 46.8. The van der Waals surface area contributed by atoms with Crippen molar-refractivity contribution < 1.29 is 42.9 Å². The minimum atomic E-state index is -1.92. The Kier molecular flexibility index (Phi) is 11.1. The van der Waals surface area contributed by atoms with Crippen LogP contribution in [0.4, 0.5) is 0 Å². The Morgan fingerprint density at radius 2 is 1.68 bits per heavy atom. The molecule has 53 heavy (non-hydrogen) atoms. The van der Waals surface area contributed by atoms with Gasteiger partial charge in [-0.2, -0.15) is 0 Å². The predicted molar refractivity (Wildman–Crippen MR) is 199 cm³/mol. The SMILES string of the molecule is COC(=O)C[C@H](C(=O)OC(C)(C)C)[C@H](O)C(=O)N(Cc1ccc2ccccc2c1)[C@H](C)[C@H](C/C=C/c1nc2ccccc2o1)c1ccc2c(c1)OCO2. The molecule has 0 fully saturated rings. The van der Waals surface area contributed by atoms with E-state index in [2.05, 4.69) is 4.98 Å². The van der Waals surface area contributed by atoms with Gasteiger partial charge in [-0.3, -0.25) is 14.4 Å². The summed E-state index contributed by atoms with van der Waals surface area (Å²) in [5.41, 5.74) is 2.14. The van der Waals surface area contributed by atoms with E-state index in [1.165, 1.54) is 7.11 Å². The average molecular weight is 721 g/mol. The molecule has 11 nitrogen and oxygen atoms in total. The monoisotopic (exact) mass is 720 g/mol. The number of nitrogens with zero attached hydrogens (tertiary/aromatic N) is 2. The first-order chi connectivity index (χ1) is 25.4. The zero-order valence-corrected chi connectivity index (χ0v) is 30.5. The number of aromatic nitrogens is 1. The lowest BCUT2D eigenvalue weighted by Crippen LogP contribution is -2.50. The van der Waals surface area contributed by atoms with Crippen LogP contribution in [-0.2, 0) is 30.4 Å². The van der Waals surface area contributed by atoms with Gasteiger partial charge in [-0.1, -0.05) is 60.7 Å². The minimum Gasteiger partial charge on any atom is -0.469 e. The number of para-hydroxylation sites is 2. The Morgan fingerprint density at radius 3 is 2.43 bits per heavy atom. The van der Waals surface area contributed by atoms with Crippen LogP contribution in [0.25, 0.3) is 27.9 Å². The number of methoxy groups -OCH3 is 1. The number of aliphatic hydroxyl groups excluding tert-OH is 1. The first-order valence-corrected chi connectivity index (χ1v) is 17.6. The number of carbonyl (C=O) groups is 3. The smallest absolute Gasteiger partial charge is 0.313 e. The van der Waals surface area contributed by atoms with Crippen molar-refractivity contribution in [3.8, 4) is 11.5 Å². The summed E-state index contributed by atoms with van der Waals surface area (Å²) in [5, 5.41) is 13.8. The molecule has 1 aliphatic rings. The fourth-order valence-corrected chi connectivity index (χ4v) is 6.51. The zero-order valence-electron chi connectivity index (χ0n) is 30.5. The normalized spacial score (nSPS) is 14.9. The van der Waals surface area contributed by atoms with Gasteiger partial charge in [0, 0.05) is 18.5 Å². The second kappa shape index (κ2) is 15.9. The van der Waals surface area contributed by atoms with Gasteiger partial charge in [0.1, 0.15) is 23.1 Å². The first-order valence-electron chi connectivity index (χ1n) is 17.6. The summed E-state index contributed by atoms with van der Waals surface area (Å²) in [5.74, 6) is -2.61. The Labute approximate surface area is 308 Å². The van der Waals surface area contributed by atoms with E-state index in [1.807, 2.05) is 97.9 Å². The van der Waals surface area contributed by atoms with Gasteiger partial charge >= 0.3 is 11.9 Å². The zero-order chi connectivity index (χ0) is 37.7. The minimum absolute atomic E-state index is 0.0943. The third-order valence-corrected chi connectivity index (χ3v) is 9.27. The van der Waals surface area contributed by atoms with Gasteiger partial charge in [0.25, 0.3) is 5.91 Å². The van der Waals surface area contributed by atoms with E-state index in [0.29, 0.717) is 29.4 Å². The quantitative estimate of drug-likeness (QED) is 0.124. The lowest BCUT2D eigenvalue weighted by molar-refractivity contribution is -0.172. The van der Waals surface area contributed by atoms with Crippen LogP contribution in [0.5, 0.6) is 11.5 Å². The van der Waals surface area contributed by atoms with E-state index >= 15 is 0 Å². The van der Waals surface area contributed by atoms with E-state index in [0.717, 1.165) is 27.4 Å². The van der Waals surface area contributed by atoms with Crippen molar-refractivity contribution in [3.63, 3.8) is 0 Å². The predicted octanol–water partition coefficient (Wildman–Crippen LogP) is 7.20. The Balaban J connectivity index is 1.38. The van der Waals surface area contributed by atoms with Crippen molar-refractivity contribution in [2.45, 2.75) is 70.7 Å². The van der Waals surface area contributed by atoms with E-state index < -0.39 is 47.9 Å². The third-order valence-electron chi connectivity index (χ3n) is 9.27. The summed E-state index contributed by atoms with van der Waals surface area (Å²) >= 11 is 0. The molecule has 4 aromatic carbocycles. The first kappa shape index (κ1) is 37.1. The van der Waals surface area contributed by atoms with E-state index in [1.54, 1.807) is 31.7 Å². The number of oxazole rings is 1. The maximum atomic E-state index is 14.7. The number of esters is 2. The molecule has 5 aromatic rings. The van der Waals surface area contributed by atoms with Crippen molar-refractivity contribution in [2.75, 3.05) is 13.9 Å². The van der Waals surface area contributed by atoms with Crippen molar-refractivity contribution in [2.24, 2.45) is 5.92 Å². The standard InChI is InChI=1S/C42H44N2O9/c1-26(31(30-19-20-35-36(22-30)51-25-50-35)13-10-16-37-43-33-14-8-9-15-34(33)52-37)44(24-27-17-18-28-11-6-7-12-29(28)21-27)40(47)39(46)32(23-38(45)49-5)41(48)53-42(2,3)4/h6-12,14-22,26,31-32,39,46H,13,23-25H2,1-5H3/b16-10+/t26-,31+,32+,39+/m1/s1. The van der Waals surface area contributed by atoms with Crippen LogP contribution in [0, 0.1) is 5.92 Å². The van der Waals surface area contributed by atoms with Crippen LogP contribution in [0.3, 0.4) is 0 Å². The van der Waals surface area contributed by atoms with Gasteiger partial charge < -0.3 is 33.4 Å². The van der Waals surface area contributed by atoms with Gasteiger partial charge in [-0.05, 0) is 92.4 Å². The topological polar surface area (TPSA) is 138 Å². The van der Waals surface area contributed by atoms with Crippen molar-refractivity contribution in [3.05, 3.63) is 108 Å². The van der Waals surface area contributed by atoms with Gasteiger partial charge in [0.2, 0.25) is 12.7 Å². The number of amides is 1. The van der Waals surface area contributed by atoms with E-state index in [9.17, 15) is 19.5 Å². The number of allylic oxidation sites excluding steroid dienone is 1. The number of carbonyl (C=O) groups excluding carboxylic acids is 3. The molecular weight excluding hydrogens is 676 g/mol. The highest BCUT2D eigenvalue weighted by atomic mass is 16.7. The number of fused-ring (bicyclic) bond motifs is 3. The van der Waals surface area contributed by atoms with Crippen LogP contribution in [0.15, 0.2) is 95.4 Å². The van der Waals surface area contributed by atoms with Crippen molar-refractivity contribution >= 4 is 45.8 Å². The highest BCUT2D eigenvalue weighted by molar-refractivity contribution is 5.90. The molecule has 0 radical (unpaired) electrons. The summed E-state index contributed by atoms with van der Waals surface area (Å²) in [6, 6.07) is 26.4. The maximum absolute atomic E-state index is 14.7. The van der Waals surface area contributed by atoms with E-state index in [-0.39, 0.29) is 19.3 Å². The molecule has 1 aromatic heterocycles. The van der Waals surface area contributed by atoms with Crippen LogP contribution >= 0.6 is 0 Å². The van der Waals surface area contributed by atoms with Gasteiger partial charge in [0.15, 0.2) is 17.1 Å². The molecule has 2 heterocycles. The number of hydrogen-bond acceptors (Lipinski definition) is 10. The molecule has 11 heteroatoms. The molecule has 0 bridgehead atoms. The summed E-state index contributed by atoms with van der Waals surface area (Å²) in [6.07, 6.45) is 1.70. The Bertz CT molecular complexity index is 2100. The van der Waals surface area contributed by atoms with Crippen LogP contribution in [0.1, 0.15) is 63.5 Å². The lowest BCUT2D eigenvalue weighted by Gasteiger charge is -2.37. The van der Waals surface area contributed by atoms with Gasteiger partial charge in [-0.25, -0.2) is 4.98 Å². The molecule has 0 saturated carbocycles. The van der Waals surface area contributed by atoms with Gasteiger partial charge in [0.05, 0.1) is 13.5 Å². The number of ether oxygens (including phenoxy) is 4. The molecule has 4 atom stereocenters. The maximum Gasteiger partial charge on any atom is 0.313 e. The third kappa shape index (κ3) is 8.86. The lowest BCUT2D eigenvalue weighted by atomic mass is 9.86. The number of rotatable bonds is 13. The summed E-state index contributed by atoms with van der Waals surface area (Å²) < 4.78 is 27.6. The molecule has 6 rings (SSSR count). The largest absolute Gasteiger partial charge is 0.469 e. The molecule has 0 aliphatic carbocycles. The Morgan fingerprint density at radius 1 is 0.943 bits per heavy atom. The van der Waals surface area contributed by atoms with Crippen LogP contribution in [0.2, 0.25) is 0 Å². The second-order valence-corrected chi connectivity index (χ2v) is 14.1. The van der Waals surface area contributed by atoms with Crippen molar-refractivity contribution in [1.29, 1.82) is 0 Å². The summed E-state index contributed by atoms with van der Waals surface area (Å²) in [6.45, 7) is 7.11. The fourth-order valence-electron chi connectivity index (χ4n) is 6.51. The van der Waals surface area contributed by atoms with Crippen LogP contribution < -0.4 is 9.47 Å². The van der Waals surface area contributed by atoms with E-state index in [4.69, 9.17) is 23.4 Å². The average Bonchev–Trinajstić information content (AvgIpc) is 3.79. The van der Waals surface area contributed by atoms with Crippen molar-refractivity contribution in [1.82, 2.24) is 9.88 Å². The molecule has 0 unspecified atom stereocenters. The molecule has 0 saturated heterocycles. The number of aliphatic hydroxyl groups is 1. The molecule has 276 valence electrons. The molecule has 0 spiro atoms. The molecular formula is C42H44N2O9. The fraction of sp³-hybridized carbons (Fsp3) is 0.333. The number of hydrogen-bond donors (Lipinski definition) is 1. The molecule has 1 aliphatic heterocycles. The second-order valence-electron chi connectivity index (χ2n) is 14.1.